The zero-order chi connectivity index (χ0) is 15.4. The predicted molar refractivity (Wildman–Crippen MR) is 89.9 cm³/mol. The maximum Gasteiger partial charge on any atom is 0.253 e. The van der Waals surface area contributed by atoms with Crippen molar-refractivity contribution < 1.29 is 4.79 Å². The monoisotopic (exact) mass is 294 g/mol. The Balaban J connectivity index is 1.69. The molecule has 0 saturated carbocycles. The maximum absolute atomic E-state index is 12.5. The summed E-state index contributed by atoms with van der Waals surface area (Å²) in [6.45, 7) is 1.68. The first-order valence-electron chi connectivity index (χ1n) is 7.90. The van der Waals surface area contributed by atoms with Gasteiger partial charge < -0.3 is 10.2 Å². The van der Waals surface area contributed by atoms with Gasteiger partial charge in [-0.3, -0.25) is 4.79 Å². The van der Waals surface area contributed by atoms with E-state index in [4.69, 9.17) is 0 Å². The van der Waals surface area contributed by atoms with Crippen LogP contribution < -0.4 is 5.32 Å². The molecular formula is C19H22N2O. The minimum atomic E-state index is 0.147. The zero-order valence-corrected chi connectivity index (χ0v) is 13.0. The first-order chi connectivity index (χ1) is 10.8. The highest BCUT2D eigenvalue weighted by atomic mass is 16.2. The lowest BCUT2D eigenvalue weighted by atomic mass is 10.0. The summed E-state index contributed by atoms with van der Waals surface area (Å²) in [5.74, 6) is 0.147. The average molecular weight is 294 g/mol. The molecule has 3 heteroatoms. The van der Waals surface area contributed by atoms with Crippen molar-refractivity contribution in [1.29, 1.82) is 0 Å². The fraction of sp³-hybridized carbons (Fsp3) is 0.316. The summed E-state index contributed by atoms with van der Waals surface area (Å²) in [5.41, 5.74) is 3.10. The highest BCUT2D eigenvalue weighted by Gasteiger charge is 2.22. The molecule has 0 unspecified atom stereocenters. The molecule has 3 nitrogen and oxygen atoms in total. The number of nitrogens with one attached hydrogen (secondary N) is 1. The molecule has 0 radical (unpaired) electrons. The van der Waals surface area contributed by atoms with Gasteiger partial charge in [-0.15, -0.1) is 0 Å². The molecular weight excluding hydrogens is 272 g/mol. The van der Waals surface area contributed by atoms with Gasteiger partial charge in [0.15, 0.2) is 0 Å². The summed E-state index contributed by atoms with van der Waals surface area (Å²) in [7, 11) is 1.99. The Morgan fingerprint density at radius 2 is 1.55 bits per heavy atom. The Morgan fingerprint density at radius 3 is 2.14 bits per heavy atom. The molecule has 2 aromatic carbocycles. The normalized spacial score (nSPS) is 15.8. The van der Waals surface area contributed by atoms with Crippen molar-refractivity contribution in [2.24, 2.45) is 0 Å². The van der Waals surface area contributed by atoms with Crippen LogP contribution in [0.2, 0.25) is 0 Å². The van der Waals surface area contributed by atoms with Crippen molar-refractivity contribution in [3.8, 4) is 11.1 Å². The number of hydrogen-bond acceptors (Lipinski definition) is 2. The quantitative estimate of drug-likeness (QED) is 0.943. The van der Waals surface area contributed by atoms with E-state index in [2.05, 4.69) is 17.4 Å². The fourth-order valence-corrected chi connectivity index (χ4v) is 2.99. The second-order valence-electron chi connectivity index (χ2n) is 5.80. The molecule has 114 valence electrons. The van der Waals surface area contributed by atoms with Crippen LogP contribution in [0.15, 0.2) is 54.6 Å². The predicted octanol–water partition coefficient (Wildman–Crippen LogP) is 3.18. The van der Waals surface area contributed by atoms with Gasteiger partial charge in [0.2, 0.25) is 0 Å². The number of benzene rings is 2. The molecule has 0 aromatic heterocycles. The lowest BCUT2D eigenvalue weighted by molar-refractivity contribution is 0.0707. The van der Waals surface area contributed by atoms with E-state index in [0.29, 0.717) is 6.04 Å². The van der Waals surface area contributed by atoms with Crippen molar-refractivity contribution in [3.05, 3.63) is 60.2 Å². The standard InChI is InChI=1S/C19H22N2O/c1-20-18-11-13-21(14-12-18)19(22)17-9-7-16(8-10-17)15-5-3-2-4-6-15/h2-10,18,20H,11-14H2,1H3. The van der Waals surface area contributed by atoms with E-state index < -0.39 is 0 Å². The smallest absolute Gasteiger partial charge is 0.253 e. The highest BCUT2D eigenvalue weighted by Crippen LogP contribution is 2.20. The Hall–Kier alpha value is -2.13. The van der Waals surface area contributed by atoms with Gasteiger partial charge in [-0.05, 0) is 43.1 Å². The molecule has 1 aliphatic rings. The topological polar surface area (TPSA) is 32.3 Å². The minimum Gasteiger partial charge on any atom is -0.339 e. The van der Waals surface area contributed by atoms with Crippen molar-refractivity contribution in [2.75, 3.05) is 20.1 Å². The van der Waals surface area contributed by atoms with Crippen molar-refractivity contribution in [2.45, 2.75) is 18.9 Å². The summed E-state index contributed by atoms with van der Waals surface area (Å²) >= 11 is 0. The number of rotatable bonds is 3. The number of nitrogens with zero attached hydrogens (tertiary/aromatic N) is 1. The molecule has 1 heterocycles. The van der Waals surface area contributed by atoms with Crippen molar-refractivity contribution in [1.82, 2.24) is 10.2 Å². The van der Waals surface area contributed by atoms with E-state index in [-0.39, 0.29) is 5.91 Å². The van der Waals surface area contributed by atoms with Crippen LogP contribution >= 0.6 is 0 Å². The summed E-state index contributed by atoms with van der Waals surface area (Å²) in [6.07, 6.45) is 2.06. The van der Waals surface area contributed by atoms with Crippen molar-refractivity contribution in [3.63, 3.8) is 0 Å². The van der Waals surface area contributed by atoms with Crippen LogP contribution in [0.3, 0.4) is 0 Å². The number of hydrogen-bond donors (Lipinski definition) is 1. The number of carbonyl (C=O) groups excluding carboxylic acids is 1. The molecule has 2 aromatic rings. The van der Waals surface area contributed by atoms with Gasteiger partial charge in [0.1, 0.15) is 0 Å². The SMILES string of the molecule is CNC1CCN(C(=O)c2ccc(-c3ccccc3)cc2)CC1. The largest absolute Gasteiger partial charge is 0.339 e. The van der Waals surface area contributed by atoms with E-state index >= 15 is 0 Å². The molecule has 0 aliphatic carbocycles. The lowest BCUT2D eigenvalue weighted by Gasteiger charge is -2.31. The van der Waals surface area contributed by atoms with Crippen LogP contribution in [0.1, 0.15) is 23.2 Å². The summed E-state index contributed by atoms with van der Waals surface area (Å²) in [5, 5.41) is 3.29. The van der Waals surface area contributed by atoms with Gasteiger partial charge in [0.25, 0.3) is 5.91 Å². The van der Waals surface area contributed by atoms with Gasteiger partial charge in [0, 0.05) is 24.7 Å². The molecule has 0 bridgehead atoms. The van der Waals surface area contributed by atoms with Gasteiger partial charge in [-0.25, -0.2) is 0 Å². The maximum atomic E-state index is 12.5. The van der Waals surface area contributed by atoms with Crippen LogP contribution in [0.4, 0.5) is 0 Å². The van der Waals surface area contributed by atoms with E-state index in [1.807, 2.05) is 54.4 Å². The second kappa shape index (κ2) is 6.75. The third-order valence-electron chi connectivity index (χ3n) is 4.43. The van der Waals surface area contributed by atoms with Crippen LogP contribution in [0.5, 0.6) is 0 Å². The van der Waals surface area contributed by atoms with E-state index in [1.54, 1.807) is 0 Å². The molecule has 1 fully saturated rings. The lowest BCUT2D eigenvalue weighted by Crippen LogP contribution is -2.43. The highest BCUT2D eigenvalue weighted by molar-refractivity contribution is 5.94. The summed E-state index contributed by atoms with van der Waals surface area (Å²) in [6, 6.07) is 18.7. The molecule has 1 amide bonds. The summed E-state index contributed by atoms with van der Waals surface area (Å²) < 4.78 is 0. The molecule has 1 saturated heterocycles. The van der Waals surface area contributed by atoms with Gasteiger partial charge in [-0.2, -0.15) is 0 Å². The van der Waals surface area contributed by atoms with E-state index in [1.165, 1.54) is 5.56 Å². The number of likely N-dealkylation sites (tertiary alicyclic amines) is 1. The Labute approximate surface area is 132 Å². The molecule has 1 aliphatic heterocycles. The van der Waals surface area contributed by atoms with E-state index in [0.717, 1.165) is 37.1 Å². The van der Waals surface area contributed by atoms with Gasteiger partial charge in [-0.1, -0.05) is 42.5 Å². The number of amides is 1. The summed E-state index contributed by atoms with van der Waals surface area (Å²) in [4.78, 5) is 14.5. The molecule has 0 spiro atoms. The Morgan fingerprint density at radius 1 is 0.955 bits per heavy atom. The molecule has 1 N–H and O–H groups in total. The van der Waals surface area contributed by atoms with Crippen LogP contribution in [-0.2, 0) is 0 Å². The number of carbonyl (C=O) groups is 1. The molecule has 3 rings (SSSR count). The number of piperidine rings is 1. The van der Waals surface area contributed by atoms with Crippen LogP contribution in [-0.4, -0.2) is 37.0 Å². The first-order valence-corrected chi connectivity index (χ1v) is 7.90. The molecule has 22 heavy (non-hydrogen) atoms. The third kappa shape index (κ3) is 3.20. The fourth-order valence-electron chi connectivity index (χ4n) is 2.99. The minimum absolute atomic E-state index is 0.147. The Kier molecular flexibility index (Phi) is 4.54. The van der Waals surface area contributed by atoms with E-state index in [9.17, 15) is 4.79 Å². The third-order valence-corrected chi connectivity index (χ3v) is 4.43. The van der Waals surface area contributed by atoms with Crippen molar-refractivity contribution >= 4 is 5.91 Å². The average Bonchev–Trinajstić information content (AvgIpc) is 2.62. The Bertz CT molecular complexity index is 614. The van der Waals surface area contributed by atoms with Crippen LogP contribution in [0, 0.1) is 0 Å². The second-order valence-corrected chi connectivity index (χ2v) is 5.80. The van der Waals surface area contributed by atoms with Gasteiger partial charge in [0.05, 0.1) is 0 Å². The van der Waals surface area contributed by atoms with Gasteiger partial charge >= 0.3 is 0 Å². The van der Waals surface area contributed by atoms with Crippen LogP contribution in [0.25, 0.3) is 11.1 Å². The zero-order valence-electron chi connectivity index (χ0n) is 13.0. The molecule has 0 atom stereocenters. The first kappa shape index (κ1) is 14.8.